The molecule has 1 aliphatic rings. The Bertz CT molecular complexity index is 435. The average molecular weight is 250 g/mol. The lowest BCUT2D eigenvalue weighted by Crippen LogP contribution is -2.29. The number of nitrogens with two attached hydrogens (primary N) is 1. The molecule has 0 aliphatic heterocycles. The molecule has 4 N–H and O–H groups in total. The van der Waals surface area contributed by atoms with Crippen molar-refractivity contribution in [3.05, 3.63) is 22.2 Å². The molecule has 2 rings (SSSR count). The van der Waals surface area contributed by atoms with Crippen molar-refractivity contribution in [2.45, 2.75) is 45.1 Å². The van der Waals surface area contributed by atoms with Crippen molar-refractivity contribution < 1.29 is 0 Å². The Hall–Kier alpha value is -1.36. The Morgan fingerprint density at radius 1 is 1.44 bits per heavy atom. The molecule has 18 heavy (non-hydrogen) atoms. The quantitative estimate of drug-likeness (QED) is 0.751. The normalized spacial score (nSPS) is 23.9. The van der Waals surface area contributed by atoms with Crippen LogP contribution in [0.5, 0.6) is 0 Å². The van der Waals surface area contributed by atoms with Crippen LogP contribution in [0.25, 0.3) is 0 Å². The molecule has 1 aliphatic carbocycles. The number of hydrogen-bond acceptors (Lipinski definition) is 4. The van der Waals surface area contributed by atoms with Crippen LogP contribution in [-0.4, -0.2) is 22.6 Å². The molecule has 0 aromatic carbocycles. The number of aryl methyl sites for hydroxylation is 1. The van der Waals surface area contributed by atoms with Gasteiger partial charge in [-0.15, -0.1) is 0 Å². The van der Waals surface area contributed by atoms with Gasteiger partial charge < -0.3 is 16.0 Å². The molecule has 1 saturated carbocycles. The van der Waals surface area contributed by atoms with E-state index in [1.165, 1.54) is 6.07 Å². The van der Waals surface area contributed by atoms with Crippen molar-refractivity contribution in [1.82, 2.24) is 9.97 Å². The second kappa shape index (κ2) is 6.00. The summed E-state index contributed by atoms with van der Waals surface area (Å²) in [7, 11) is 0. The molecule has 0 bridgehead atoms. The number of H-pyrrole nitrogens is 1. The predicted octanol–water partition coefficient (Wildman–Crippen LogP) is 1.26. The van der Waals surface area contributed by atoms with E-state index in [4.69, 9.17) is 5.73 Å². The predicted molar refractivity (Wildman–Crippen MR) is 72.7 cm³/mol. The molecule has 1 fully saturated rings. The highest BCUT2D eigenvalue weighted by Gasteiger charge is 2.18. The third-order valence-electron chi connectivity index (χ3n) is 3.59. The third kappa shape index (κ3) is 3.57. The lowest BCUT2D eigenvalue weighted by atomic mass is 9.86. The van der Waals surface area contributed by atoms with Gasteiger partial charge in [-0.3, -0.25) is 4.79 Å². The summed E-state index contributed by atoms with van der Waals surface area (Å²) in [6.07, 6.45) is 5.28. The van der Waals surface area contributed by atoms with E-state index < -0.39 is 0 Å². The summed E-state index contributed by atoms with van der Waals surface area (Å²) in [5.74, 6) is 2.07. The lowest BCUT2D eigenvalue weighted by molar-refractivity contribution is 0.338. The van der Waals surface area contributed by atoms with Crippen molar-refractivity contribution in [1.29, 1.82) is 0 Å². The largest absolute Gasteiger partial charge is 0.370 e. The minimum absolute atomic E-state index is 0.0879. The molecule has 100 valence electrons. The van der Waals surface area contributed by atoms with E-state index in [-0.39, 0.29) is 5.56 Å². The van der Waals surface area contributed by atoms with Gasteiger partial charge in [0.05, 0.1) is 0 Å². The Labute approximate surface area is 107 Å². The van der Waals surface area contributed by atoms with Crippen LogP contribution in [0.2, 0.25) is 0 Å². The lowest BCUT2D eigenvalue weighted by Gasteiger charge is -2.26. The monoisotopic (exact) mass is 250 g/mol. The minimum Gasteiger partial charge on any atom is -0.370 e. The molecule has 0 spiro atoms. The Balaban J connectivity index is 1.90. The molecule has 0 atom stereocenters. The fraction of sp³-hybridized carbons (Fsp3) is 0.692. The topological polar surface area (TPSA) is 83.8 Å². The second-order valence-corrected chi connectivity index (χ2v) is 5.09. The minimum atomic E-state index is -0.0879. The molecule has 5 heteroatoms. The van der Waals surface area contributed by atoms with Crippen molar-refractivity contribution in [2.75, 3.05) is 11.9 Å². The van der Waals surface area contributed by atoms with Crippen molar-refractivity contribution in [3.8, 4) is 0 Å². The van der Waals surface area contributed by atoms with Gasteiger partial charge in [0.1, 0.15) is 11.6 Å². The zero-order valence-electron chi connectivity index (χ0n) is 10.9. The summed E-state index contributed by atoms with van der Waals surface area (Å²) in [4.78, 5) is 18.5. The van der Waals surface area contributed by atoms with E-state index in [0.717, 1.165) is 44.5 Å². The number of nitrogens with zero attached hydrogens (tertiary/aromatic N) is 1. The fourth-order valence-electron chi connectivity index (χ4n) is 2.41. The molecule has 0 unspecified atom stereocenters. The maximum absolute atomic E-state index is 11.4. The number of rotatable bonds is 4. The summed E-state index contributed by atoms with van der Waals surface area (Å²) < 4.78 is 0. The van der Waals surface area contributed by atoms with E-state index in [2.05, 4.69) is 15.3 Å². The SMILES string of the molecule is CCc1nc(NCC2CCC(N)CC2)cc(=O)[nH]1. The number of aromatic nitrogens is 2. The van der Waals surface area contributed by atoms with E-state index in [1.807, 2.05) is 6.92 Å². The van der Waals surface area contributed by atoms with Crippen molar-refractivity contribution in [3.63, 3.8) is 0 Å². The van der Waals surface area contributed by atoms with Crippen LogP contribution >= 0.6 is 0 Å². The van der Waals surface area contributed by atoms with Gasteiger partial charge in [0.25, 0.3) is 5.56 Å². The Kier molecular flexibility index (Phi) is 4.36. The third-order valence-corrected chi connectivity index (χ3v) is 3.59. The average Bonchev–Trinajstić information content (AvgIpc) is 2.37. The van der Waals surface area contributed by atoms with Crippen molar-refractivity contribution >= 4 is 5.82 Å². The van der Waals surface area contributed by atoms with Crippen LogP contribution in [0.1, 0.15) is 38.4 Å². The van der Waals surface area contributed by atoms with Gasteiger partial charge in [0.15, 0.2) is 0 Å². The number of nitrogens with one attached hydrogen (secondary N) is 2. The summed E-state index contributed by atoms with van der Waals surface area (Å²) in [6.45, 7) is 2.86. The Morgan fingerprint density at radius 3 is 2.83 bits per heavy atom. The smallest absolute Gasteiger partial charge is 0.252 e. The first-order chi connectivity index (χ1) is 8.67. The van der Waals surface area contributed by atoms with Crippen LogP contribution in [-0.2, 0) is 6.42 Å². The maximum Gasteiger partial charge on any atom is 0.252 e. The number of hydrogen-bond donors (Lipinski definition) is 3. The van der Waals surface area contributed by atoms with Crippen LogP contribution < -0.4 is 16.6 Å². The Morgan fingerprint density at radius 2 is 2.17 bits per heavy atom. The molecule has 0 amide bonds. The number of anilines is 1. The highest BCUT2D eigenvalue weighted by molar-refractivity contribution is 5.32. The zero-order valence-corrected chi connectivity index (χ0v) is 10.9. The summed E-state index contributed by atoms with van der Waals surface area (Å²) in [5.41, 5.74) is 5.80. The zero-order chi connectivity index (χ0) is 13.0. The first kappa shape index (κ1) is 13.1. The van der Waals surface area contributed by atoms with Crippen LogP contribution in [0.3, 0.4) is 0 Å². The van der Waals surface area contributed by atoms with E-state index in [9.17, 15) is 4.79 Å². The second-order valence-electron chi connectivity index (χ2n) is 5.09. The van der Waals surface area contributed by atoms with Crippen LogP contribution in [0, 0.1) is 5.92 Å². The maximum atomic E-state index is 11.4. The summed E-state index contributed by atoms with van der Waals surface area (Å²) in [5, 5.41) is 3.27. The summed E-state index contributed by atoms with van der Waals surface area (Å²) in [6, 6.07) is 1.90. The number of aromatic amines is 1. The van der Waals surface area contributed by atoms with Gasteiger partial charge >= 0.3 is 0 Å². The molecule has 1 heterocycles. The van der Waals surface area contributed by atoms with E-state index in [1.54, 1.807) is 0 Å². The fourth-order valence-corrected chi connectivity index (χ4v) is 2.41. The van der Waals surface area contributed by atoms with E-state index >= 15 is 0 Å². The van der Waals surface area contributed by atoms with E-state index in [0.29, 0.717) is 17.8 Å². The van der Waals surface area contributed by atoms with Gasteiger partial charge in [0, 0.05) is 25.1 Å². The van der Waals surface area contributed by atoms with Gasteiger partial charge in [-0.2, -0.15) is 0 Å². The molecule has 0 saturated heterocycles. The standard InChI is InChI=1S/C13H22N4O/c1-2-11-16-12(7-13(18)17-11)15-8-9-3-5-10(14)6-4-9/h7,9-10H,2-6,8,14H2,1H3,(H2,15,16,17,18). The van der Waals surface area contributed by atoms with Gasteiger partial charge in [0.2, 0.25) is 0 Å². The van der Waals surface area contributed by atoms with Crippen LogP contribution in [0.4, 0.5) is 5.82 Å². The molecular weight excluding hydrogens is 228 g/mol. The molecule has 1 aromatic heterocycles. The molecule has 0 radical (unpaired) electrons. The van der Waals surface area contributed by atoms with Gasteiger partial charge in [-0.05, 0) is 31.6 Å². The first-order valence-corrected chi connectivity index (χ1v) is 6.77. The van der Waals surface area contributed by atoms with Gasteiger partial charge in [-0.1, -0.05) is 6.92 Å². The highest BCUT2D eigenvalue weighted by Crippen LogP contribution is 2.23. The highest BCUT2D eigenvalue weighted by atomic mass is 16.1. The van der Waals surface area contributed by atoms with Crippen LogP contribution in [0.15, 0.2) is 10.9 Å². The molecular formula is C13H22N4O. The summed E-state index contributed by atoms with van der Waals surface area (Å²) >= 11 is 0. The van der Waals surface area contributed by atoms with Gasteiger partial charge in [-0.25, -0.2) is 4.98 Å². The molecule has 1 aromatic rings. The molecule has 5 nitrogen and oxygen atoms in total. The van der Waals surface area contributed by atoms with Crippen molar-refractivity contribution in [2.24, 2.45) is 11.7 Å². The first-order valence-electron chi connectivity index (χ1n) is 6.77.